The smallest absolute Gasteiger partial charge is 0.386 e. The Morgan fingerprint density at radius 1 is 0.667 bits per heavy atom. The fraction of sp³-hybridized carbons (Fsp3) is 0.182. The summed E-state index contributed by atoms with van der Waals surface area (Å²) in [5, 5.41) is 0. The van der Waals surface area contributed by atoms with E-state index in [1.54, 1.807) is 30.3 Å². The Balaban J connectivity index is 1.99. The molecule has 0 aromatic heterocycles. The van der Waals surface area contributed by atoms with E-state index < -0.39 is 7.82 Å². The largest absolute Gasteiger partial charge is 0.647 e. The van der Waals surface area contributed by atoms with Gasteiger partial charge in [0, 0.05) is 0 Å². The zero-order chi connectivity index (χ0) is 19.4. The molecule has 5 heteroatoms. The molecular weight excluding hydrogens is 359 g/mol. The highest BCUT2D eigenvalue weighted by molar-refractivity contribution is 7.49. The third kappa shape index (κ3) is 4.72. The van der Waals surface area contributed by atoms with Crippen LogP contribution >= 0.6 is 7.82 Å². The molecule has 0 unspecified atom stereocenters. The van der Waals surface area contributed by atoms with Gasteiger partial charge in [0.1, 0.15) is 17.2 Å². The normalized spacial score (nSPS) is 12.9. The molecule has 3 rings (SSSR count). The lowest BCUT2D eigenvalue weighted by atomic mass is 10.1. The Morgan fingerprint density at radius 2 is 1.33 bits per heavy atom. The van der Waals surface area contributed by atoms with Crippen LogP contribution in [0.3, 0.4) is 0 Å². The topological polar surface area (TPSA) is 44.8 Å². The van der Waals surface area contributed by atoms with Gasteiger partial charge in [0.05, 0.1) is 0 Å². The van der Waals surface area contributed by atoms with Crippen molar-refractivity contribution in [3.8, 4) is 17.2 Å². The molecule has 0 N–H and O–H groups in total. The van der Waals surface area contributed by atoms with Crippen molar-refractivity contribution >= 4 is 7.82 Å². The summed E-state index contributed by atoms with van der Waals surface area (Å²) in [6.45, 7) is 7.68. The van der Waals surface area contributed by atoms with Crippen LogP contribution < -0.4 is 13.6 Å². The maximum absolute atomic E-state index is 13.6. The quantitative estimate of drug-likeness (QED) is 0.453. The highest BCUT2D eigenvalue weighted by atomic mass is 31.2. The molecule has 0 heterocycles. The van der Waals surface area contributed by atoms with Gasteiger partial charge in [-0.25, -0.2) is 0 Å². The average Bonchev–Trinajstić information content (AvgIpc) is 2.62. The highest BCUT2D eigenvalue weighted by Gasteiger charge is 2.34. The molecule has 3 aromatic rings. The fourth-order valence-corrected chi connectivity index (χ4v) is 4.19. The van der Waals surface area contributed by atoms with E-state index in [9.17, 15) is 4.57 Å². The molecule has 0 bridgehead atoms. The Kier molecular flexibility index (Phi) is 5.57. The van der Waals surface area contributed by atoms with E-state index in [1.165, 1.54) is 0 Å². The number of hydrogen-bond acceptors (Lipinski definition) is 4. The van der Waals surface area contributed by atoms with Gasteiger partial charge in [-0.1, -0.05) is 54.1 Å². The van der Waals surface area contributed by atoms with Crippen molar-refractivity contribution < 1.29 is 18.1 Å². The standard InChI is InChI=1S/C22H23O4P/c1-16-13-14-21(19(4)15-16)25-27(23,24-20-11-6-5-7-12-20)26-22-17(2)9-8-10-18(22)3/h5-15H,1-4H3/t27-/m1/s1. The van der Waals surface area contributed by atoms with Gasteiger partial charge in [0.2, 0.25) is 0 Å². The number of phosphoric acid groups is 1. The Bertz CT molecular complexity index is 963. The molecule has 0 aliphatic rings. The lowest BCUT2D eigenvalue weighted by Crippen LogP contribution is -2.09. The zero-order valence-electron chi connectivity index (χ0n) is 15.9. The maximum atomic E-state index is 13.6. The minimum Gasteiger partial charge on any atom is -0.386 e. The van der Waals surface area contributed by atoms with Crippen LogP contribution in [0.5, 0.6) is 17.2 Å². The summed E-state index contributed by atoms with van der Waals surface area (Å²) in [7, 11) is -3.98. The molecule has 27 heavy (non-hydrogen) atoms. The summed E-state index contributed by atoms with van der Waals surface area (Å²) in [4.78, 5) is 0. The van der Waals surface area contributed by atoms with Crippen LogP contribution in [0.1, 0.15) is 22.3 Å². The molecular formula is C22H23O4P. The van der Waals surface area contributed by atoms with E-state index in [0.29, 0.717) is 17.2 Å². The first-order valence-electron chi connectivity index (χ1n) is 8.74. The molecule has 0 radical (unpaired) electrons. The van der Waals surface area contributed by atoms with Crippen LogP contribution in [0.25, 0.3) is 0 Å². The van der Waals surface area contributed by atoms with Gasteiger partial charge in [-0.15, -0.1) is 0 Å². The van der Waals surface area contributed by atoms with Gasteiger partial charge in [-0.3, -0.25) is 0 Å². The lowest BCUT2D eigenvalue weighted by molar-refractivity contribution is 0.296. The van der Waals surface area contributed by atoms with Crippen LogP contribution in [0.15, 0.2) is 66.7 Å². The molecule has 0 fully saturated rings. The summed E-state index contributed by atoms with van der Waals surface area (Å²) < 4.78 is 31.0. The monoisotopic (exact) mass is 382 g/mol. The minimum atomic E-state index is -3.98. The number of hydrogen-bond donors (Lipinski definition) is 0. The predicted octanol–water partition coefficient (Wildman–Crippen LogP) is 6.57. The first-order chi connectivity index (χ1) is 12.9. The average molecular weight is 382 g/mol. The molecule has 0 aliphatic carbocycles. The van der Waals surface area contributed by atoms with Crippen molar-refractivity contribution in [3.05, 3.63) is 89.0 Å². The Morgan fingerprint density at radius 3 is 1.96 bits per heavy atom. The SMILES string of the molecule is Cc1ccc(O[P@@](=O)(Oc2ccccc2)Oc2c(C)cccc2C)c(C)c1. The highest BCUT2D eigenvalue weighted by Crippen LogP contribution is 2.51. The zero-order valence-corrected chi connectivity index (χ0v) is 16.8. The second-order valence-electron chi connectivity index (χ2n) is 6.52. The van der Waals surface area contributed by atoms with Crippen molar-refractivity contribution in [1.29, 1.82) is 0 Å². The molecule has 140 valence electrons. The Hall–Kier alpha value is -2.71. The molecule has 4 nitrogen and oxygen atoms in total. The van der Waals surface area contributed by atoms with E-state index in [-0.39, 0.29) is 0 Å². The number of benzene rings is 3. The van der Waals surface area contributed by atoms with Crippen molar-refractivity contribution in [1.82, 2.24) is 0 Å². The van der Waals surface area contributed by atoms with Crippen LogP contribution in [-0.2, 0) is 4.57 Å². The molecule has 1 atom stereocenters. The summed E-state index contributed by atoms with van der Waals surface area (Å²) >= 11 is 0. The van der Waals surface area contributed by atoms with E-state index in [4.69, 9.17) is 13.6 Å². The van der Waals surface area contributed by atoms with Crippen LogP contribution in [-0.4, -0.2) is 0 Å². The van der Waals surface area contributed by atoms with E-state index in [1.807, 2.05) is 64.1 Å². The first kappa shape index (κ1) is 19.1. The van der Waals surface area contributed by atoms with Gasteiger partial charge >= 0.3 is 7.82 Å². The van der Waals surface area contributed by atoms with Crippen LogP contribution in [0.4, 0.5) is 0 Å². The van der Waals surface area contributed by atoms with Gasteiger partial charge in [0.15, 0.2) is 0 Å². The van der Waals surface area contributed by atoms with Crippen molar-refractivity contribution in [2.24, 2.45) is 0 Å². The first-order valence-corrected chi connectivity index (χ1v) is 10.2. The summed E-state index contributed by atoms with van der Waals surface area (Å²) in [5.41, 5.74) is 3.67. The Labute approximate surface area is 160 Å². The molecule has 0 saturated heterocycles. The minimum absolute atomic E-state index is 0.414. The number of rotatable bonds is 6. The second-order valence-corrected chi connectivity index (χ2v) is 7.97. The van der Waals surface area contributed by atoms with Gasteiger partial charge in [0.25, 0.3) is 0 Å². The third-order valence-corrected chi connectivity index (χ3v) is 5.37. The molecule has 0 amide bonds. The van der Waals surface area contributed by atoms with Gasteiger partial charge in [-0.05, 0) is 62.6 Å². The third-order valence-electron chi connectivity index (χ3n) is 4.11. The predicted molar refractivity (Wildman–Crippen MR) is 108 cm³/mol. The van der Waals surface area contributed by atoms with Crippen molar-refractivity contribution in [3.63, 3.8) is 0 Å². The molecule has 0 saturated carbocycles. The van der Waals surface area contributed by atoms with Crippen LogP contribution in [0.2, 0.25) is 0 Å². The van der Waals surface area contributed by atoms with E-state index >= 15 is 0 Å². The summed E-state index contributed by atoms with van der Waals surface area (Å²) in [6, 6.07) is 20.2. The fourth-order valence-electron chi connectivity index (χ4n) is 2.74. The molecule has 3 aromatic carbocycles. The number of aryl methyl sites for hydroxylation is 4. The second kappa shape index (κ2) is 7.89. The van der Waals surface area contributed by atoms with Crippen molar-refractivity contribution in [2.45, 2.75) is 27.7 Å². The number of phosphoric ester groups is 1. The van der Waals surface area contributed by atoms with E-state index in [2.05, 4.69) is 0 Å². The van der Waals surface area contributed by atoms with Gasteiger partial charge in [-0.2, -0.15) is 4.57 Å². The van der Waals surface area contributed by atoms with E-state index in [0.717, 1.165) is 22.3 Å². The van der Waals surface area contributed by atoms with Crippen LogP contribution in [0, 0.1) is 27.7 Å². The number of para-hydroxylation sites is 2. The molecule has 0 spiro atoms. The summed E-state index contributed by atoms with van der Waals surface area (Å²) in [6.07, 6.45) is 0. The van der Waals surface area contributed by atoms with Gasteiger partial charge < -0.3 is 13.6 Å². The lowest BCUT2D eigenvalue weighted by Gasteiger charge is -2.22. The van der Waals surface area contributed by atoms with Crippen molar-refractivity contribution in [2.75, 3.05) is 0 Å². The molecule has 0 aliphatic heterocycles. The summed E-state index contributed by atoms with van der Waals surface area (Å²) in [5.74, 6) is 1.38. The maximum Gasteiger partial charge on any atom is 0.647 e.